The van der Waals surface area contributed by atoms with E-state index in [-0.39, 0.29) is 66.4 Å². The number of aryl methyl sites for hydroxylation is 2. The molecule has 0 bridgehead atoms. The minimum Gasteiger partial charge on any atom is -0.380 e. The van der Waals surface area contributed by atoms with Gasteiger partial charge in [-0.2, -0.15) is 0 Å². The number of benzene rings is 4. The highest BCUT2D eigenvalue weighted by Crippen LogP contribution is 2.33. The summed E-state index contributed by atoms with van der Waals surface area (Å²) in [6.45, 7) is 3.33. The number of carbonyl (C=O) groups excluding carboxylic acids is 4. The van der Waals surface area contributed by atoms with E-state index in [2.05, 4.69) is 26.3 Å². The van der Waals surface area contributed by atoms with Crippen LogP contribution >= 0.6 is 0 Å². The first-order chi connectivity index (χ1) is 27.9. The van der Waals surface area contributed by atoms with Crippen LogP contribution < -0.4 is 32.4 Å². The summed E-state index contributed by atoms with van der Waals surface area (Å²) in [4.78, 5) is 86.9. The summed E-state index contributed by atoms with van der Waals surface area (Å²) in [5, 5.41) is 11.2. The number of hydrogen-bond acceptors (Lipinski definition) is 10. The van der Waals surface area contributed by atoms with Crippen molar-refractivity contribution in [3.05, 3.63) is 128 Å². The second kappa shape index (κ2) is 15.1. The summed E-state index contributed by atoms with van der Waals surface area (Å²) >= 11 is 0. The van der Waals surface area contributed by atoms with Crippen LogP contribution in [0.1, 0.15) is 60.5 Å². The number of nitrogens with one attached hydrogen (secondary N) is 4. The van der Waals surface area contributed by atoms with E-state index in [1.807, 2.05) is 0 Å². The van der Waals surface area contributed by atoms with E-state index in [4.69, 9.17) is 4.98 Å². The van der Waals surface area contributed by atoms with Gasteiger partial charge in [0.25, 0.3) is 11.1 Å². The van der Waals surface area contributed by atoms with Crippen molar-refractivity contribution in [1.82, 2.24) is 29.7 Å². The van der Waals surface area contributed by atoms with Gasteiger partial charge >= 0.3 is 0 Å². The number of carbonyl (C=O) groups is 4. The van der Waals surface area contributed by atoms with Crippen LogP contribution in [0.5, 0.6) is 0 Å². The molecule has 2 aromatic heterocycles. The first-order valence-corrected chi connectivity index (χ1v) is 18.6. The Morgan fingerprint density at radius 1 is 0.690 bits per heavy atom. The number of hydrogen-bond donors (Lipinski definition) is 4. The van der Waals surface area contributed by atoms with Gasteiger partial charge in [0.05, 0.1) is 21.8 Å². The lowest BCUT2D eigenvalue weighted by Gasteiger charge is -2.25. The van der Waals surface area contributed by atoms with Crippen LogP contribution in [0.25, 0.3) is 32.9 Å². The van der Waals surface area contributed by atoms with Gasteiger partial charge in [-0.3, -0.25) is 48.5 Å². The normalized spacial score (nSPS) is 17.0. The average Bonchev–Trinajstić information content (AvgIpc) is 3.18. The van der Waals surface area contributed by atoms with Gasteiger partial charge in [-0.15, -0.1) is 0 Å². The van der Waals surface area contributed by atoms with Crippen molar-refractivity contribution in [2.45, 2.75) is 64.7 Å². The van der Waals surface area contributed by atoms with E-state index >= 15 is 4.39 Å². The number of aromatic nitrogens is 4. The highest BCUT2D eigenvalue weighted by atomic mass is 19.1. The molecule has 2 saturated heterocycles. The van der Waals surface area contributed by atoms with E-state index in [1.54, 1.807) is 68.4 Å². The number of anilines is 2. The molecule has 58 heavy (non-hydrogen) atoms. The zero-order valence-corrected chi connectivity index (χ0v) is 31.3. The second-order valence-corrected chi connectivity index (χ2v) is 14.3. The molecule has 4 heterocycles. The first kappa shape index (κ1) is 37.8. The summed E-state index contributed by atoms with van der Waals surface area (Å²) in [6.07, 6.45) is 0.387. The Balaban J connectivity index is 1.14. The largest absolute Gasteiger partial charge is 0.380 e. The van der Waals surface area contributed by atoms with E-state index in [0.717, 1.165) is 0 Å². The van der Waals surface area contributed by atoms with Crippen LogP contribution in [0.3, 0.4) is 0 Å². The molecule has 2 aliphatic heterocycles. The fourth-order valence-electron chi connectivity index (χ4n) is 7.77. The molecule has 6 aromatic rings. The molecule has 294 valence electrons. The molecule has 2 unspecified atom stereocenters. The highest BCUT2D eigenvalue weighted by molar-refractivity contribution is 6.02. The van der Waals surface area contributed by atoms with Gasteiger partial charge in [0, 0.05) is 48.4 Å². The van der Waals surface area contributed by atoms with Gasteiger partial charge < -0.3 is 10.6 Å². The number of halogens is 2. The molecular weight excluding hydrogens is 751 g/mol. The van der Waals surface area contributed by atoms with Crippen molar-refractivity contribution >= 4 is 56.8 Å². The van der Waals surface area contributed by atoms with Crippen LogP contribution in [-0.4, -0.2) is 42.7 Å². The Bertz CT molecular complexity index is 2850. The van der Waals surface area contributed by atoms with E-state index in [0.29, 0.717) is 39.4 Å². The van der Waals surface area contributed by atoms with Crippen molar-refractivity contribution in [2.24, 2.45) is 0 Å². The minimum atomic E-state index is -0.979. The van der Waals surface area contributed by atoms with E-state index < -0.39 is 58.5 Å². The van der Waals surface area contributed by atoms with Gasteiger partial charge in [-0.05, 0) is 74.2 Å². The van der Waals surface area contributed by atoms with E-state index in [1.165, 1.54) is 27.3 Å². The number of amides is 4. The zero-order valence-electron chi connectivity index (χ0n) is 31.3. The quantitative estimate of drug-likeness (QED) is 0.148. The number of rotatable bonds is 9. The maximum atomic E-state index is 16.0. The van der Waals surface area contributed by atoms with Crippen LogP contribution in [0.2, 0.25) is 0 Å². The molecule has 4 amide bonds. The standard InChI is InChI=1S/C42H36F2N8O6/c1-21-47-31-8-4-7-29(36(31)41(57)51(21)32-13-15-34(53)49-39(32)55)46-20-25-10-9-24(18-28(25)44)27-11-12-30(45-19-23-5-3-6-26(43)17-23)37-38(27)48-22(2)52(42(37)58)33-14-16-35(54)50-40(33)56/h3-12,17-18,32-33,45-46H,13-16,19-20H2,1-2H3,(H,49,53,55)(H,50,54,56). The van der Waals surface area contributed by atoms with Crippen LogP contribution in [0.15, 0.2) is 82.4 Å². The van der Waals surface area contributed by atoms with Gasteiger partial charge in [0.2, 0.25) is 23.6 Å². The van der Waals surface area contributed by atoms with Gasteiger partial charge in [-0.1, -0.05) is 36.4 Å². The summed E-state index contributed by atoms with van der Waals surface area (Å²) in [5.41, 5.74) is 2.05. The minimum absolute atomic E-state index is 0.0331. The molecule has 16 heteroatoms. The predicted molar refractivity (Wildman–Crippen MR) is 211 cm³/mol. The lowest BCUT2D eigenvalue weighted by atomic mass is 9.99. The predicted octanol–water partition coefficient (Wildman–Crippen LogP) is 4.85. The lowest BCUT2D eigenvalue weighted by molar-refractivity contribution is -0.137. The summed E-state index contributed by atoms with van der Waals surface area (Å²) < 4.78 is 32.6. The van der Waals surface area contributed by atoms with Crippen LogP contribution in [0, 0.1) is 25.5 Å². The smallest absolute Gasteiger partial charge is 0.264 e. The number of nitrogens with zero attached hydrogens (tertiary/aromatic N) is 4. The Hall–Kier alpha value is -7.10. The van der Waals surface area contributed by atoms with Gasteiger partial charge in [-0.25, -0.2) is 18.7 Å². The molecule has 4 N–H and O–H groups in total. The fourth-order valence-corrected chi connectivity index (χ4v) is 7.77. The van der Waals surface area contributed by atoms with Crippen molar-refractivity contribution in [1.29, 1.82) is 0 Å². The third-order valence-electron chi connectivity index (χ3n) is 10.6. The Morgan fingerprint density at radius 2 is 1.31 bits per heavy atom. The molecule has 2 aliphatic rings. The van der Waals surface area contributed by atoms with E-state index in [9.17, 15) is 33.2 Å². The molecular formula is C42H36F2N8O6. The van der Waals surface area contributed by atoms with Gasteiger partial charge in [0.15, 0.2) is 0 Å². The molecule has 0 saturated carbocycles. The van der Waals surface area contributed by atoms with Crippen LogP contribution in [-0.2, 0) is 32.3 Å². The molecule has 8 rings (SSSR count). The lowest BCUT2D eigenvalue weighted by Crippen LogP contribution is -2.45. The number of piperidine rings is 2. The third-order valence-corrected chi connectivity index (χ3v) is 10.6. The zero-order chi connectivity index (χ0) is 40.8. The molecule has 2 atom stereocenters. The summed E-state index contributed by atoms with van der Waals surface area (Å²) in [5.74, 6) is -2.52. The van der Waals surface area contributed by atoms with Gasteiger partial charge in [0.1, 0.15) is 35.4 Å². The van der Waals surface area contributed by atoms with Crippen molar-refractivity contribution in [2.75, 3.05) is 10.6 Å². The first-order valence-electron chi connectivity index (χ1n) is 18.6. The second-order valence-electron chi connectivity index (χ2n) is 14.3. The van der Waals surface area contributed by atoms with Crippen molar-refractivity contribution < 1.29 is 28.0 Å². The number of imide groups is 2. The topological polar surface area (TPSA) is 186 Å². The summed E-state index contributed by atoms with van der Waals surface area (Å²) in [6, 6.07) is 17.1. The Labute approximate surface area is 328 Å². The maximum absolute atomic E-state index is 16.0. The van der Waals surface area contributed by atoms with Crippen molar-refractivity contribution in [3.8, 4) is 11.1 Å². The highest BCUT2D eigenvalue weighted by Gasteiger charge is 2.32. The fraction of sp³-hybridized carbons (Fsp3) is 0.238. The average molecular weight is 787 g/mol. The van der Waals surface area contributed by atoms with Crippen molar-refractivity contribution in [3.63, 3.8) is 0 Å². The third kappa shape index (κ3) is 6.97. The molecule has 0 spiro atoms. The molecule has 0 aliphatic carbocycles. The molecule has 2 fully saturated rings. The maximum Gasteiger partial charge on any atom is 0.264 e. The monoisotopic (exact) mass is 786 g/mol. The molecule has 14 nitrogen and oxygen atoms in total. The summed E-state index contributed by atoms with van der Waals surface area (Å²) in [7, 11) is 0. The SMILES string of the molecule is Cc1nc2cccc(NCc3ccc(-c4ccc(NCc5cccc(F)c5)c5c(=O)n(C6CCC(=O)NC6=O)c(C)nc45)cc3F)c2c(=O)n1C1CCC(=O)NC1=O. The Kier molecular flexibility index (Phi) is 9.84. The van der Waals surface area contributed by atoms with Crippen LogP contribution in [0.4, 0.5) is 20.2 Å². The molecule has 4 aromatic carbocycles. The number of fused-ring (bicyclic) bond motifs is 2. The Morgan fingerprint density at radius 3 is 1.97 bits per heavy atom. The molecule has 0 radical (unpaired) electrons.